The van der Waals surface area contributed by atoms with Crippen LogP contribution >= 0.6 is 0 Å². The number of anilines is 2. The number of carbonyl (C=O) groups is 1. The first-order valence-corrected chi connectivity index (χ1v) is 10.0. The highest BCUT2D eigenvalue weighted by Gasteiger charge is 2.15. The third-order valence-electron chi connectivity index (χ3n) is 5.76. The first kappa shape index (κ1) is 18.2. The molecule has 3 rings (SSSR count). The number of nitrogens with zero attached hydrogens (tertiary/aromatic N) is 2. The molecule has 25 heavy (non-hydrogen) atoms. The molecular formula is C21H33N3O. The maximum absolute atomic E-state index is 12.1. The normalized spacial score (nSPS) is 19.8. The van der Waals surface area contributed by atoms with Crippen LogP contribution in [0.4, 0.5) is 11.4 Å². The van der Waals surface area contributed by atoms with Crippen LogP contribution in [0.1, 0.15) is 51.4 Å². The molecule has 138 valence electrons. The highest BCUT2D eigenvalue weighted by atomic mass is 16.1. The topological polar surface area (TPSA) is 35.6 Å². The van der Waals surface area contributed by atoms with Crippen molar-refractivity contribution in [3.05, 3.63) is 24.3 Å². The zero-order valence-electron chi connectivity index (χ0n) is 15.7. The van der Waals surface area contributed by atoms with Gasteiger partial charge in [0.1, 0.15) is 0 Å². The van der Waals surface area contributed by atoms with Crippen LogP contribution in [0.5, 0.6) is 0 Å². The van der Waals surface area contributed by atoms with Crippen molar-refractivity contribution >= 4 is 17.3 Å². The van der Waals surface area contributed by atoms with Crippen molar-refractivity contribution in [3.8, 4) is 0 Å². The number of amides is 1. The van der Waals surface area contributed by atoms with Crippen LogP contribution in [0.15, 0.2) is 24.3 Å². The van der Waals surface area contributed by atoms with E-state index in [0.717, 1.165) is 44.2 Å². The number of piperazine rings is 1. The summed E-state index contributed by atoms with van der Waals surface area (Å²) in [5.41, 5.74) is 2.17. The van der Waals surface area contributed by atoms with Crippen molar-refractivity contribution in [1.29, 1.82) is 0 Å². The predicted molar refractivity (Wildman–Crippen MR) is 105 cm³/mol. The van der Waals surface area contributed by atoms with Gasteiger partial charge in [0.25, 0.3) is 0 Å². The van der Waals surface area contributed by atoms with Crippen molar-refractivity contribution in [1.82, 2.24) is 4.90 Å². The van der Waals surface area contributed by atoms with E-state index in [1.165, 1.54) is 44.2 Å². The summed E-state index contributed by atoms with van der Waals surface area (Å²) >= 11 is 0. The lowest BCUT2D eigenvalue weighted by Gasteiger charge is -2.34. The fraction of sp³-hybridized carbons (Fsp3) is 0.667. The summed E-state index contributed by atoms with van der Waals surface area (Å²) in [5.74, 6) is 1.02. The van der Waals surface area contributed by atoms with Crippen LogP contribution in [0, 0.1) is 5.92 Å². The van der Waals surface area contributed by atoms with Gasteiger partial charge in [-0.25, -0.2) is 0 Å². The van der Waals surface area contributed by atoms with Crippen LogP contribution in [-0.2, 0) is 4.79 Å². The first-order valence-electron chi connectivity index (χ1n) is 10.0. The molecule has 1 saturated carbocycles. The van der Waals surface area contributed by atoms with Gasteiger partial charge in [-0.2, -0.15) is 0 Å². The van der Waals surface area contributed by atoms with Gasteiger partial charge in [-0.1, -0.05) is 32.1 Å². The molecule has 2 fully saturated rings. The van der Waals surface area contributed by atoms with E-state index in [2.05, 4.69) is 34.3 Å². The van der Waals surface area contributed by atoms with Crippen LogP contribution < -0.4 is 10.2 Å². The Hall–Kier alpha value is -1.55. The second kappa shape index (κ2) is 9.23. The molecule has 0 spiro atoms. The Balaban J connectivity index is 1.39. The summed E-state index contributed by atoms with van der Waals surface area (Å²) in [4.78, 5) is 16.9. The molecule has 0 atom stereocenters. The molecule has 1 amide bonds. The van der Waals surface area contributed by atoms with Crippen LogP contribution in [0.25, 0.3) is 0 Å². The van der Waals surface area contributed by atoms with Crippen LogP contribution in [0.3, 0.4) is 0 Å². The van der Waals surface area contributed by atoms with Gasteiger partial charge in [0.15, 0.2) is 0 Å². The molecule has 1 saturated heterocycles. The van der Waals surface area contributed by atoms with E-state index in [4.69, 9.17) is 0 Å². The number of hydrogen-bond acceptors (Lipinski definition) is 3. The lowest BCUT2D eigenvalue weighted by molar-refractivity contribution is -0.116. The standard InChI is InChI=1S/C21H33N3O/c1-23-14-16-24(17-15-23)20-12-10-19(11-13-20)22-21(25)9-5-8-18-6-3-2-4-7-18/h10-13,18H,2-9,14-17H2,1H3,(H,22,25). The van der Waals surface area contributed by atoms with E-state index >= 15 is 0 Å². The summed E-state index contributed by atoms with van der Waals surface area (Å²) in [6.45, 7) is 4.37. The van der Waals surface area contributed by atoms with E-state index in [-0.39, 0.29) is 5.91 Å². The summed E-state index contributed by atoms with van der Waals surface area (Å²) in [6, 6.07) is 8.32. The number of hydrogen-bond donors (Lipinski definition) is 1. The molecule has 4 heteroatoms. The van der Waals surface area contributed by atoms with Gasteiger partial charge in [0.05, 0.1) is 0 Å². The monoisotopic (exact) mass is 343 g/mol. The molecule has 1 aromatic rings. The Bertz CT molecular complexity index is 529. The summed E-state index contributed by atoms with van der Waals surface area (Å²) in [7, 11) is 2.17. The lowest BCUT2D eigenvalue weighted by Crippen LogP contribution is -2.44. The Labute approximate surface area is 152 Å². The average molecular weight is 344 g/mol. The Morgan fingerprint density at radius 1 is 1.04 bits per heavy atom. The van der Waals surface area contributed by atoms with Gasteiger partial charge in [-0.15, -0.1) is 0 Å². The minimum Gasteiger partial charge on any atom is -0.369 e. The predicted octanol–water partition coefficient (Wildman–Crippen LogP) is 4.13. The van der Waals surface area contributed by atoms with E-state index in [0.29, 0.717) is 6.42 Å². The molecule has 0 radical (unpaired) electrons. The fourth-order valence-electron chi connectivity index (χ4n) is 4.07. The molecule has 2 aliphatic rings. The Morgan fingerprint density at radius 3 is 2.40 bits per heavy atom. The van der Waals surface area contributed by atoms with E-state index in [1.807, 2.05) is 12.1 Å². The Kier molecular flexibility index (Phi) is 6.74. The average Bonchev–Trinajstić information content (AvgIpc) is 2.64. The molecule has 1 aliphatic carbocycles. The van der Waals surface area contributed by atoms with Crippen LogP contribution in [0.2, 0.25) is 0 Å². The summed E-state index contributed by atoms with van der Waals surface area (Å²) in [5, 5.41) is 3.05. The highest BCUT2D eigenvalue weighted by Crippen LogP contribution is 2.27. The molecule has 1 aliphatic heterocycles. The minimum absolute atomic E-state index is 0.156. The van der Waals surface area contributed by atoms with Gasteiger partial charge in [-0.05, 0) is 50.1 Å². The third kappa shape index (κ3) is 5.74. The van der Waals surface area contributed by atoms with Crippen LogP contribution in [-0.4, -0.2) is 44.0 Å². The molecule has 1 N–H and O–H groups in total. The second-order valence-corrected chi connectivity index (χ2v) is 7.78. The molecule has 0 aromatic heterocycles. The third-order valence-corrected chi connectivity index (χ3v) is 5.76. The van der Waals surface area contributed by atoms with Crippen molar-refractivity contribution in [3.63, 3.8) is 0 Å². The number of carbonyl (C=O) groups excluding carboxylic acids is 1. The number of rotatable bonds is 6. The van der Waals surface area contributed by atoms with Gasteiger partial charge in [0, 0.05) is 44.0 Å². The molecular weight excluding hydrogens is 310 g/mol. The van der Waals surface area contributed by atoms with E-state index < -0.39 is 0 Å². The lowest BCUT2D eigenvalue weighted by atomic mass is 9.86. The van der Waals surface area contributed by atoms with Crippen molar-refractivity contribution in [2.75, 3.05) is 43.4 Å². The van der Waals surface area contributed by atoms with Crippen molar-refractivity contribution < 1.29 is 4.79 Å². The van der Waals surface area contributed by atoms with Gasteiger partial charge in [-0.3, -0.25) is 4.79 Å². The number of nitrogens with one attached hydrogen (secondary N) is 1. The Morgan fingerprint density at radius 2 is 1.72 bits per heavy atom. The number of benzene rings is 1. The summed E-state index contributed by atoms with van der Waals surface area (Å²) < 4.78 is 0. The van der Waals surface area contributed by atoms with E-state index in [1.54, 1.807) is 0 Å². The second-order valence-electron chi connectivity index (χ2n) is 7.78. The summed E-state index contributed by atoms with van der Waals surface area (Å²) in [6.07, 6.45) is 9.81. The molecule has 1 aromatic carbocycles. The fourth-order valence-corrected chi connectivity index (χ4v) is 4.07. The molecule has 4 nitrogen and oxygen atoms in total. The maximum Gasteiger partial charge on any atom is 0.224 e. The van der Waals surface area contributed by atoms with Crippen molar-refractivity contribution in [2.45, 2.75) is 51.4 Å². The molecule has 0 bridgehead atoms. The maximum atomic E-state index is 12.1. The van der Waals surface area contributed by atoms with Gasteiger partial charge < -0.3 is 15.1 Å². The van der Waals surface area contributed by atoms with E-state index in [9.17, 15) is 4.79 Å². The smallest absolute Gasteiger partial charge is 0.224 e. The number of likely N-dealkylation sites (N-methyl/N-ethyl adjacent to an activating group) is 1. The zero-order valence-corrected chi connectivity index (χ0v) is 15.7. The van der Waals surface area contributed by atoms with Gasteiger partial charge >= 0.3 is 0 Å². The van der Waals surface area contributed by atoms with Gasteiger partial charge in [0.2, 0.25) is 5.91 Å². The quantitative estimate of drug-likeness (QED) is 0.844. The van der Waals surface area contributed by atoms with Crippen molar-refractivity contribution in [2.24, 2.45) is 5.92 Å². The molecule has 0 unspecified atom stereocenters. The molecule has 1 heterocycles. The SMILES string of the molecule is CN1CCN(c2ccc(NC(=O)CCCC3CCCCC3)cc2)CC1. The minimum atomic E-state index is 0.156. The zero-order chi connectivity index (χ0) is 17.5. The highest BCUT2D eigenvalue weighted by molar-refractivity contribution is 5.90. The first-order chi connectivity index (χ1) is 12.2. The largest absolute Gasteiger partial charge is 0.369 e.